The molecule has 3 N–H and O–H groups in total. The zero-order valence-electron chi connectivity index (χ0n) is 19.7. The summed E-state index contributed by atoms with van der Waals surface area (Å²) < 4.78 is 87.9. The standard InChI is InChI=1S/C24H21F4N3O6S/c1-37-19-7-14(8-23(19,21(33)34)18-9-22(18,11-29)20(30)32)38(35,36)17-5-2-12(6-15(17)24(26,27)28)16-4-3-13(25)10-31-16/h2-6,10,14,18-19H,7-9H2,1H3,(H2,30,32)(H,33,34)/t14-,18?,19+,22?,23+/m0/s1. The topological polar surface area (TPSA) is 160 Å². The number of carboxylic acid groups (broad SMARTS) is 1. The van der Waals surface area contributed by atoms with Gasteiger partial charge in [0.2, 0.25) is 5.91 Å². The summed E-state index contributed by atoms with van der Waals surface area (Å²) in [5, 5.41) is 18.0. The van der Waals surface area contributed by atoms with Gasteiger partial charge in [0.25, 0.3) is 0 Å². The molecule has 1 heterocycles. The van der Waals surface area contributed by atoms with E-state index in [9.17, 15) is 45.9 Å². The smallest absolute Gasteiger partial charge is 0.417 e. The summed E-state index contributed by atoms with van der Waals surface area (Å²) in [6.45, 7) is 0. The maximum Gasteiger partial charge on any atom is 0.417 e. The molecule has 0 saturated heterocycles. The summed E-state index contributed by atoms with van der Waals surface area (Å²) in [4.78, 5) is 27.1. The molecule has 1 aromatic heterocycles. The van der Waals surface area contributed by atoms with Crippen molar-refractivity contribution in [3.05, 3.63) is 47.9 Å². The van der Waals surface area contributed by atoms with Crippen LogP contribution >= 0.6 is 0 Å². The fraction of sp³-hybridized carbons (Fsp3) is 0.417. The van der Waals surface area contributed by atoms with E-state index in [1.807, 2.05) is 0 Å². The van der Waals surface area contributed by atoms with Crippen molar-refractivity contribution >= 4 is 21.7 Å². The summed E-state index contributed by atoms with van der Waals surface area (Å²) in [5.74, 6) is -4.52. The van der Waals surface area contributed by atoms with Gasteiger partial charge in [0.1, 0.15) is 16.6 Å². The first-order valence-corrected chi connectivity index (χ1v) is 12.7. The van der Waals surface area contributed by atoms with E-state index in [1.54, 1.807) is 6.07 Å². The maximum atomic E-state index is 14.1. The predicted molar refractivity (Wildman–Crippen MR) is 121 cm³/mol. The number of sulfone groups is 1. The Labute approximate surface area is 214 Å². The molecule has 38 heavy (non-hydrogen) atoms. The van der Waals surface area contributed by atoms with Crippen LogP contribution in [-0.4, -0.2) is 48.8 Å². The van der Waals surface area contributed by atoms with Gasteiger partial charge in [0.15, 0.2) is 9.84 Å². The van der Waals surface area contributed by atoms with Gasteiger partial charge in [-0.05, 0) is 43.5 Å². The van der Waals surface area contributed by atoms with Crippen molar-refractivity contribution < 1.29 is 45.4 Å². The van der Waals surface area contributed by atoms with Crippen LogP contribution in [0.1, 0.15) is 24.8 Å². The molecule has 2 aromatic rings. The number of nitriles is 1. The SMILES string of the molecule is CO[C@@H]1C[C@H](S(=O)(=O)c2ccc(-c3ccc(F)cn3)cc2C(F)(F)F)C[C@@]1(C(=O)O)C1CC1(C#N)C(N)=O. The van der Waals surface area contributed by atoms with Crippen LogP contribution in [0.15, 0.2) is 41.4 Å². The molecular formula is C24H21F4N3O6S. The Morgan fingerprint density at radius 3 is 2.39 bits per heavy atom. The van der Waals surface area contributed by atoms with Crippen LogP contribution in [0.5, 0.6) is 0 Å². The lowest BCUT2D eigenvalue weighted by Crippen LogP contribution is -2.44. The van der Waals surface area contributed by atoms with Gasteiger partial charge in [-0.2, -0.15) is 18.4 Å². The largest absolute Gasteiger partial charge is 0.481 e. The number of alkyl halides is 3. The van der Waals surface area contributed by atoms with Gasteiger partial charge in [0, 0.05) is 18.6 Å². The number of nitrogens with zero attached hydrogens (tertiary/aromatic N) is 2. The van der Waals surface area contributed by atoms with Crippen molar-refractivity contribution in [3.8, 4) is 17.3 Å². The molecule has 0 aliphatic heterocycles. The molecule has 2 aliphatic carbocycles. The first-order chi connectivity index (χ1) is 17.6. The molecule has 4 rings (SSSR count). The van der Waals surface area contributed by atoms with Gasteiger partial charge in [-0.15, -0.1) is 0 Å². The maximum absolute atomic E-state index is 14.1. The number of pyridine rings is 1. The van der Waals surface area contributed by atoms with Crippen molar-refractivity contribution in [2.45, 2.75) is 41.7 Å². The highest BCUT2D eigenvalue weighted by molar-refractivity contribution is 7.92. The molecule has 2 aliphatic rings. The Hall–Kier alpha value is -3.57. The second kappa shape index (κ2) is 9.02. The van der Waals surface area contributed by atoms with Gasteiger partial charge in [0.05, 0.1) is 39.8 Å². The lowest BCUT2D eigenvalue weighted by atomic mass is 9.75. The minimum absolute atomic E-state index is 0.0286. The van der Waals surface area contributed by atoms with Crippen molar-refractivity contribution in [1.82, 2.24) is 4.98 Å². The zero-order chi connectivity index (χ0) is 28.3. The number of rotatable bonds is 7. The quantitative estimate of drug-likeness (QED) is 0.493. The molecule has 14 heteroatoms. The molecular weight excluding hydrogens is 534 g/mol. The Bertz CT molecular complexity index is 1460. The van der Waals surface area contributed by atoms with E-state index in [4.69, 9.17) is 10.5 Å². The van der Waals surface area contributed by atoms with Crippen molar-refractivity contribution in [3.63, 3.8) is 0 Å². The average Bonchev–Trinajstić information content (AvgIpc) is 3.48. The van der Waals surface area contributed by atoms with Crippen LogP contribution < -0.4 is 5.73 Å². The van der Waals surface area contributed by atoms with Gasteiger partial charge in [-0.3, -0.25) is 14.6 Å². The molecule has 0 bridgehead atoms. The number of methoxy groups -OCH3 is 1. The van der Waals surface area contributed by atoms with Crippen LogP contribution in [0.25, 0.3) is 11.3 Å². The summed E-state index contributed by atoms with van der Waals surface area (Å²) in [7, 11) is -3.70. The Morgan fingerprint density at radius 1 is 1.24 bits per heavy atom. The van der Waals surface area contributed by atoms with Crippen LogP contribution in [0.3, 0.4) is 0 Å². The normalized spacial score (nSPS) is 29.0. The van der Waals surface area contributed by atoms with E-state index < -0.39 is 85.1 Å². The van der Waals surface area contributed by atoms with Gasteiger partial charge in [-0.1, -0.05) is 6.07 Å². The number of benzene rings is 1. The number of carbonyl (C=O) groups is 2. The van der Waals surface area contributed by atoms with Crippen LogP contribution in [0.4, 0.5) is 17.6 Å². The summed E-state index contributed by atoms with van der Waals surface area (Å²) in [6.07, 6.45) is -7.07. The highest BCUT2D eigenvalue weighted by Crippen LogP contribution is 2.66. The van der Waals surface area contributed by atoms with Gasteiger partial charge in [-0.25, -0.2) is 12.8 Å². The van der Waals surface area contributed by atoms with E-state index in [-0.39, 0.29) is 17.7 Å². The van der Waals surface area contributed by atoms with Gasteiger partial charge < -0.3 is 15.6 Å². The first kappa shape index (κ1) is 27.5. The molecule has 2 unspecified atom stereocenters. The Balaban J connectivity index is 1.79. The number of hydrogen-bond acceptors (Lipinski definition) is 7. The third kappa shape index (κ3) is 4.10. The van der Waals surface area contributed by atoms with E-state index in [1.165, 1.54) is 0 Å². The molecule has 202 valence electrons. The fourth-order valence-electron chi connectivity index (χ4n) is 5.55. The number of aromatic nitrogens is 1. The highest BCUT2D eigenvalue weighted by atomic mass is 32.2. The predicted octanol–water partition coefficient (Wildman–Crippen LogP) is 2.94. The summed E-state index contributed by atoms with van der Waals surface area (Å²) in [5.41, 5.74) is -0.214. The second-order valence-electron chi connectivity index (χ2n) is 9.45. The van der Waals surface area contributed by atoms with Crippen LogP contribution in [0.2, 0.25) is 0 Å². The molecule has 2 fully saturated rings. The first-order valence-electron chi connectivity index (χ1n) is 11.2. The molecule has 5 atom stereocenters. The lowest BCUT2D eigenvalue weighted by molar-refractivity contribution is -0.159. The minimum Gasteiger partial charge on any atom is -0.481 e. The number of carbonyl (C=O) groups excluding carboxylic acids is 1. The molecule has 1 amide bonds. The summed E-state index contributed by atoms with van der Waals surface area (Å²) in [6, 6.07) is 6.26. The molecule has 0 spiro atoms. The molecule has 9 nitrogen and oxygen atoms in total. The number of aliphatic carboxylic acids is 1. The monoisotopic (exact) mass is 555 g/mol. The molecule has 0 radical (unpaired) electrons. The lowest BCUT2D eigenvalue weighted by Gasteiger charge is -2.31. The van der Waals surface area contributed by atoms with Gasteiger partial charge >= 0.3 is 12.1 Å². The van der Waals surface area contributed by atoms with E-state index in [2.05, 4.69) is 4.98 Å². The van der Waals surface area contributed by atoms with Crippen LogP contribution in [-0.2, 0) is 30.3 Å². The van der Waals surface area contributed by atoms with E-state index >= 15 is 0 Å². The van der Waals surface area contributed by atoms with E-state index in [0.29, 0.717) is 6.07 Å². The number of halogens is 4. The number of ether oxygens (including phenoxy) is 1. The van der Waals surface area contributed by atoms with Crippen molar-refractivity contribution in [1.29, 1.82) is 5.26 Å². The average molecular weight is 556 g/mol. The number of amides is 1. The number of carboxylic acids is 1. The second-order valence-corrected chi connectivity index (χ2v) is 11.6. The Kier molecular flexibility index (Phi) is 6.52. The molecule has 1 aromatic carbocycles. The van der Waals surface area contributed by atoms with Crippen molar-refractivity contribution in [2.75, 3.05) is 7.11 Å². The third-order valence-corrected chi connectivity index (χ3v) is 9.78. The molecule has 2 saturated carbocycles. The number of nitrogens with two attached hydrogens (primary N) is 1. The summed E-state index contributed by atoms with van der Waals surface area (Å²) >= 11 is 0. The van der Waals surface area contributed by atoms with Crippen molar-refractivity contribution in [2.24, 2.45) is 22.5 Å². The van der Waals surface area contributed by atoms with Crippen LogP contribution in [0, 0.1) is 33.9 Å². The third-order valence-electron chi connectivity index (χ3n) is 7.57. The van der Waals surface area contributed by atoms with E-state index in [0.717, 1.165) is 37.6 Å². The highest BCUT2D eigenvalue weighted by Gasteiger charge is 2.75. The fourth-order valence-corrected chi connectivity index (χ4v) is 7.57. The Morgan fingerprint density at radius 2 is 1.92 bits per heavy atom. The number of hydrogen-bond donors (Lipinski definition) is 2. The minimum atomic E-state index is -5.12. The zero-order valence-corrected chi connectivity index (χ0v) is 20.5. The number of primary amides is 1.